The summed E-state index contributed by atoms with van der Waals surface area (Å²) in [7, 11) is 0. The molecule has 6 heteroatoms. The zero-order valence-electron chi connectivity index (χ0n) is 12.4. The van der Waals surface area contributed by atoms with Gasteiger partial charge in [-0.1, -0.05) is 13.8 Å². The summed E-state index contributed by atoms with van der Waals surface area (Å²) in [6.45, 7) is 4.59. The van der Waals surface area contributed by atoms with Crippen LogP contribution in [0.15, 0.2) is 0 Å². The maximum absolute atomic E-state index is 12.1. The van der Waals surface area contributed by atoms with Crippen LogP contribution in [0.2, 0.25) is 0 Å². The van der Waals surface area contributed by atoms with Gasteiger partial charge in [-0.25, -0.2) is 0 Å². The van der Waals surface area contributed by atoms with Crippen molar-refractivity contribution < 1.29 is 17.9 Å². The van der Waals surface area contributed by atoms with Crippen LogP contribution < -0.4 is 11.1 Å². The SMILES string of the molecule is CC(C)C(CN)CNC1CCCC(OCC(F)(F)F)C1. The van der Waals surface area contributed by atoms with Gasteiger partial charge in [-0.3, -0.25) is 0 Å². The van der Waals surface area contributed by atoms with E-state index in [4.69, 9.17) is 10.5 Å². The molecule has 0 radical (unpaired) electrons. The first kappa shape index (κ1) is 17.7. The molecule has 0 aromatic heterocycles. The fraction of sp³-hybridized carbons (Fsp3) is 1.00. The quantitative estimate of drug-likeness (QED) is 0.759. The number of nitrogens with two attached hydrogens (primary N) is 1. The maximum atomic E-state index is 12.1. The van der Waals surface area contributed by atoms with Gasteiger partial charge in [0, 0.05) is 6.04 Å². The molecule has 0 aliphatic heterocycles. The van der Waals surface area contributed by atoms with Crippen LogP contribution in [0.4, 0.5) is 13.2 Å². The van der Waals surface area contributed by atoms with Crippen LogP contribution in [-0.4, -0.2) is 38.0 Å². The van der Waals surface area contributed by atoms with Crippen LogP contribution >= 0.6 is 0 Å². The highest BCUT2D eigenvalue weighted by Crippen LogP contribution is 2.24. The van der Waals surface area contributed by atoms with Crippen LogP contribution in [0.25, 0.3) is 0 Å². The molecule has 0 saturated heterocycles. The number of rotatable bonds is 7. The highest BCUT2D eigenvalue weighted by molar-refractivity contribution is 4.80. The number of hydrogen-bond donors (Lipinski definition) is 2. The van der Waals surface area contributed by atoms with Crippen LogP contribution in [-0.2, 0) is 4.74 Å². The van der Waals surface area contributed by atoms with Gasteiger partial charge < -0.3 is 15.8 Å². The van der Waals surface area contributed by atoms with Crippen molar-refractivity contribution >= 4 is 0 Å². The number of nitrogens with one attached hydrogen (secondary N) is 1. The molecule has 3 nitrogen and oxygen atoms in total. The lowest BCUT2D eigenvalue weighted by molar-refractivity contribution is -0.188. The lowest BCUT2D eigenvalue weighted by atomic mass is 9.91. The van der Waals surface area contributed by atoms with Gasteiger partial charge in [0.05, 0.1) is 6.10 Å². The number of ether oxygens (including phenoxy) is 1. The van der Waals surface area contributed by atoms with Crippen molar-refractivity contribution in [3.05, 3.63) is 0 Å². The molecule has 3 unspecified atom stereocenters. The van der Waals surface area contributed by atoms with Crippen LogP contribution in [0.3, 0.4) is 0 Å². The Labute approximate surface area is 119 Å². The summed E-state index contributed by atoms with van der Waals surface area (Å²) < 4.78 is 41.4. The largest absolute Gasteiger partial charge is 0.411 e. The molecular weight excluding hydrogens is 269 g/mol. The lowest BCUT2D eigenvalue weighted by Gasteiger charge is -2.31. The average Bonchev–Trinajstić information content (AvgIpc) is 2.36. The third kappa shape index (κ3) is 6.90. The second-order valence-electron chi connectivity index (χ2n) is 6.06. The summed E-state index contributed by atoms with van der Waals surface area (Å²) in [6.07, 6.45) is -1.22. The van der Waals surface area contributed by atoms with Gasteiger partial charge in [-0.15, -0.1) is 0 Å². The van der Waals surface area contributed by atoms with E-state index >= 15 is 0 Å². The standard InChI is InChI=1S/C14H27F3N2O/c1-10(2)11(7-18)8-19-12-4-3-5-13(6-12)20-9-14(15,16)17/h10-13,19H,3-9,18H2,1-2H3. The van der Waals surface area contributed by atoms with Crippen molar-refractivity contribution in [3.8, 4) is 0 Å². The van der Waals surface area contributed by atoms with Gasteiger partial charge in [0.15, 0.2) is 0 Å². The first-order valence-corrected chi connectivity index (χ1v) is 7.43. The van der Waals surface area contributed by atoms with Crippen molar-refractivity contribution in [2.75, 3.05) is 19.7 Å². The number of hydrogen-bond acceptors (Lipinski definition) is 3. The highest BCUT2D eigenvalue weighted by Gasteiger charge is 2.31. The average molecular weight is 296 g/mol. The summed E-state index contributed by atoms with van der Waals surface area (Å²) in [5.41, 5.74) is 5.72. The van der Waals surface area contributed by atoms with Crippen LogP contribution in [0, 0.1) is 11.8 Å². The maximum Gasteiger partial charge on any atom is 0.411 e. The summed E-state index contributed by atoms with van der Waals surface area (Å²) in [5.74, 6) is 0.917. The second kappa shape index (κ2) is 8.20. The molecule has 20 heavy (non-hydrogen) atoms. The Hall–Kier alpha value is -0.330. The van der Waals surface area contributed by atoms with Gasteiger partial charge in [0.25, 0.3) is 0 Å². The molecule has 120 valence electrons. The monoisotopic (exact) mass is 296 g/mol. The fourth-order valence-electron chi connectivity index (χ4n) is 2.60. The molecule has 0 bridgehead atoms. The van der Waals surface area contributed by atoms with Crippen molar-refractivity contribution in [2.24, 2.45) is 17.6 Å². The summed E-state index contributed by atoms with van der Waals surface area (Å²) >= 11 is 0. The van der Waals surface area contributed by atoms with Crippen molar-refractivity contribution in [1.82, 2.24) is 5.32 Å². The van der Waals surface area contributed by atoms with E-state index in [2.05, 4.69) is 19.2 Å². The molecule has 1 aliphatic rings. The number of halogens is 3. The number of alkyl halides is 3. The lowest BCUT2D eigenvalue weighted by Crippen LogP contribution is -2.42. The van der Waals surface area contributed by atoms with Gasteiger partial charge >= 0.3 is 6.18 Å². The second-order valence-corrected chi connectivity index (χ2v) is 6.06. The van der Waals surface area contributed by atoms with Crippen LogP contribution in [0.1, 0.15) is 39.5 Å². The summed E-state index contributed by atoms with van der Waals surface area (Å²) in [6, 6.07) is 0.245. The molecule has 0 heterocycles. The van der Waals surface area contributed by atoms with E-state index in [9.17, 15) is 13.2 Å². The molecule has 0 aromatic carbocycles. The Morgan fingerprint density at radius 3 is 2.55 bits per heavy atom. The zero-order valence-corrected chi connectivity index (χ0v) is 12.4. The van der Waals surface area contributed by atoms with Crippen molar-refractivity contribution in [1.29, 1.82) is 0 Å². The highest BCUT2D eigenvalue weighted by atomic mass is 19.4. The van der Waals surface area contributed by atoms with E-state index in [-0.39, 0.29) is 12.1 Å². The van der Waals surface area contributed by atoms with E-state index < -0.39 is 12.8 Å². The molecule has 0 spiro atoms. The molecular formula is C14H27F3N2O. The Morgan fingerprint density at radius 2 is 2.00 bits per heavy atom. The topological polar surface area (TPSA) is 47.3 Å². The Balaban J connectivity index is 2.30. The van der Waals surface area contributed by atoms with E-state index in [0.29, 0.717) is 24.8 Å². The summed E-state index contributed by atoms with van der Waals surface area (Å²) in [5, 5.41) is 3.44. The molecule has 1 saturated carbocycles. The first-order chi connectivity index (χ1) is 9.31. The van der Waals surface area contributed by atoms with Gasteiger partial charge in [-0.2, -0.15) is 13.2 Å². The molecule has 1 rings (SSSR count). The van der Waals surface area contributed by atoms with Gasteiger partial charge in [-0.05, 0) is 50.6 Å². The third-order valence-corrected chi connectivity index (χ3v) is 4.02. The molecule has 1 aliphatic carbocycles. The summed E-state index contributed by atoms with van der Waals surface area (Å²) in [4.78, 5) is 0. The van der Waals surface area contributed by atoms with Gasteiger partial charge in [0.2, 0.25) is 0 Å². The predicted octanol–water partition coefficient (Wildman–Crippen LogP) is 2.70. The third-order valence-electron chi connectivity index (χ3n) is 4.02. The Kier molecular flexibility index (Phi) is 7.26. The minimum atomic E-state index is -4.23. The minimum Gasteiger partial charge on any atom is -0.369 e. The van der Waals surface area contributed by atoms with Crippen molar-refractivity contribution in [2.45, 2.75) is 57.9 Å². The Morgan fingerprint density at radius 1 is 1.30 bits per heavy atom. The molecule has 0 aromatic rings. The first-order valence-electron chi connectivity index (χ1n) is 7.43. The van der Waals surface area contributed by atoms with Gasteiger partial charge in [0.1, 0.15) is 6.61 Å². The zero-order chi connectivity index (χ0) is 15.2. The molecule has 3 atom stereocenters. The molecule has 3 N–H and O–H groups in total. The normalized spacial score (nSPS) is 25.9. The molecule has 1 fully saturated rings. The fourth-order valence-corrected chi connectivity index (χ4v) is 2.60. The van der Waals surface area contributed by atoms with Crippen LogP contribution in [0.5, 0.6) is 0 Å². The predicted molar refractivity (Wildman–Crippen MR) is 73.4 cm³/mol. The van der Waals surface area contributed by atoms with E-state index in [0.717, 1.165) is 25.8 Å². The smallest absolute Gasteiger partial charge is 0.369 e. The van der Waals surface area contributed by atoms with E-state index in [1.54, 1.807) is 0 Å². The van der Waals surface area contributed by atoms with E-state index in [1.807, 2.05) is 0 Å². The molecule has 0 amide bonds. The van der Waals surface area contributed by atoms with E-state index in [1.165, 1.54) is 0 Å². The van der Waals surface area contributed by atoms with Crippen molar-refractivity contribution in [3.63, 3.8) is 0 Å². The minimum absolute atomic E-state index is 0.245. The Bertz CT molecular complexity index is 272.